The first kappa shape index (κ1) is 14.8. The van der Waals surface area contributed by atoms with E-state index in [1.165, 1.54) is 0 Å². The van der Waals surface area contributed by atoms with E-state index in [-0.39, 0.29) is 12.6 Å². The van der Waals surface area contributed by atoms with Crippen LogP contribution >= 0.6 is 0 Å². The summed E-state index contributed by atoms with van der Waals surface area (Å²) in [6.45, 7) is 1.62. The van der Waals surface area contributed by atoms with Crippen molar-refractivity contribution in [3.8, 4) is 11.5 Å². The number of rotatable bonds is 4. The molecule has 1 fully saturated rings. The first-order valence-electron chi connectivity index (χ1n) is 7.97. The van der Waals surface area contributed by atoms with Crippen LogP contribution in [0.15, 0.2) is 41.2 Å². The number of aliphatic hydroxyl groups excluding tert-OH is 1. The predicted molar refractivity (Wildman–Crippen MR) is 86.2 cm³/mol. The Bertz CT molecular complexity index is 800. The van der Waals surface area contributed by atoms with E-state index in [2.05, 4.69) is 25.2 Å². The molecule has 0 aliphatic carbocycles. The van der Waals surface area contributed by atoms with E-state index in [1.807, 2.05) is 16.9 Å². The van der Waals surface area contributed by atoms with Crippen molar-refractivity contribution >= 4 is 5.95 Å². The first-order chi connectivity index (χ1) is 11.8. The van der Waals surface area contributed by atoms with Crippen LogP contribution in [-0.2, 0) is 6.61 Å². The summed E-state index contributed by atoms with van der Waals surface area (Å²) in [4.78, 5) is 10.8. The molecule has 0 radical (unpaired) electrons. The quantitative estimate of drug-likeness (QED) is 0.779. The van der Waals surface area contributed by atoms with Crippen LogP contribution in [0.1, 0.15) is 24.6 Å². The molecule has 0 spiro atoms. The van der Waals surface area contributed by atoms with Gasteiger partial charge in [0.15, 0.2) is 5.76 Å². The average molecular weight is 326 g/mol. The van der Waals surface area contributed by atoms with Gasteiger partial charge < -0.3 is 14.4 Å². The molecule has 1 unspecified atom stereocenters. The fourth-order valence-corrected chi connectivity index (χ4v) is 2.98. The summed E-state index contributed by atoms with van der Waals surface area (Å²) in [5, 5.41) is 17.5. The Kier molecular flexibility index (Phi) is 3.96. The Hall–Kier alpha value is -2.74. The van der Waals surface area contributed by atoms with E-state index in [0.29, 0.717) is 17.2 Å². The van der Waals surface area contributed by atoms with Gasteiger partial charge in [0.1, 0.15) is 18.1 Å². The maximum Gasteiger partial charge on any atom is 0.225 e. The number of furan rings is 1. The molecule has 124 valence electrons. The van der Waals surface area contributed by atoms with Crippen LogP contribution in [0, 0.1) is 0 Å². The molecule has 4 rings (SSSR count). The lowest BCUT2D eigenvalue weighted by atomic mass is 10.1. The van der Waals surface area contributed by atoms with Crippen LogP contribution in [0.3, 0.4) is 0 Å². The number of nitrogens with zero attached hydrogens (tertiary/aromatic N) is 6. The zero-order chi connectivity index (χ0) is 16.4. The van der Waals surface area contributed by atoms with Crippen LogP contribution < -0.4 is 4.90 Å². The molecule has 0 saturated carbocycles. The third-order valence-electron chi connectivity index (χ3n) is 4.19. The second-order valence-electron chi connectivity index (χ2n) is 5.80. The molecule has 8 nitrogen and oxygen atoms in total. The van der Waals surface area contributed by atoms with Gasteiger partial charge in [-0.3, -0.25) is 0 Å². The number of hydrogen-bond donors (Lipinski definition) is 1. The summed E-state index contributed by atoms with van der Waals surface area (Å²) in [6.07, 6.45) is 7.49. The van der Waals surface area contributed by atoms with Gasteiger partial charge in [-0.1, -0.05) is 5.21 Å². The SMILES string of the molecule is OCc1ccc(-c2cn(C3CCCN(c4ncccn4)C3)nn2)o1. The Balaban J connectivity index is 1.51. The van der Waals surface area contributed by atoms with Crippen molar-refractivity contribution in [1.29, 1.82) is 0 Å². The molecular weight excluding hydrogens is 308 g/mol. The van der Waals surface area contributed by atoms with E-state index < -0.39 is 0 Å². The molecule has 8 heteroatoms. The summed E-state index contributed by atoms with van der Waals surface area (Å²) in [5.74, 6) is 1.88. The van der Waals surface area contributed by atoms with Crippen molar-refractivity contribution in [2.75, 3.05) is 18.0 Å². The van der Waals surface area contributed by atoms with Gasteiger partial charge in [0.25, 0.3) is 0 Å². The minimum absolute atomic E-state index is 0.122. The van der Waals surface area contributed by atoms with Crippen LogP contribution in [0.4, 0.5) is 5.95 Å². The molecule has 0 bridgehead atoms. The smallest absolute Gasteiger partial charge is 0.225 e. The summed E-state index contributed by atoms with van der Waals surface area (Å²) < 4.78 is 7.39. The van der Waals surface area contributed by atoms with Crippen LogP contribution in [0.2, 0.25) is 0 Å². The molecule has 1 saturated heterocycles. The summed E-state index contributed by atoms with van der Waals surface area (Å²) in [5.41, 5.74) is 0.669. The summed E-state index contributed by atoms with van der Waals surface area (Å²) >= 11 is 0. The maximum absolute atomic E-state index is 9.09. The van der Waals surface area contributed by atoms with E-state index in [9.17, 15) is 0 Å². The molecule has 1 aliphatic rings. The number of aromatic nitrogens is 5. The van der Waals surface area contributed by atoms with Crippen molar-refractivity contribution in [3.05, 3.63) is 42.5 Å². The third-order valence-corrected chi connectivity index (χ3v) is 4.19. The molecule has 3 aromatic rings. The van der Waals surface area contributed by atoms with Gasteiger partial charge in [0.2, 0.25) is 5.95 Å². The maximum atomic E-state index is 9.09. The van der Waals surface area contributed by atoms with Gasteiger partial charge in [-0.05, 0) is 31.0 Å². The fourth-order valence-electron chi connectivity index (χ4n) is 2.98. The largest absolute Gasteiger partial charge is 0.457 e. The monoisotopic (exact) mass is 326 g/mol. The number of aliphatic hydroxyl groups is 1. The van der Waals surface area contributed by atoms with Crippen molar-refractivity contribution in [3.63, 3.8) is 0 Å². The molecule has 1 aliphatic heterocycles. The lowest BCUT2D eigenvalue weighted by Gasteiger charge is -2.32. The van der Waals surface area contributed by atoms with Gasteiger partial charge in [-0.2, -0.15) is 0 Å². The van der Waals surface area contributed by atoms with Crippen LogP contribution in [0.25, 0.3) is 11.5 Å². The van der Waals surface area contributed by atoms with Gasteiger partial charge in [0, 0.05) is 25.5 Å². The molecule has 3 aromatic heterocycles. The van der Waals surface area contributed by atoms with Crippen molar-refractivity contribution < 1.29 is 9.52 Å². The minimum Gasteiger partial charge on any atom is -0.457 e. The molecule has 1 N–H and O–H groups in total. The standard InChI is InChI=1S/C16H18N6O2/c23-11-13-4-5-15(24-13)14-10-22(20-19-14)12-3-1-8-21(9-12)16-17-6-2-7-18-16/h2,4-7,10,12,23H,1,3,8-9,11H2. The Morgan fingerprint density at radius 1 is 1.25 bits per heavy atom. The second kappa shape index (κ2) is 6.40. The molecule has 1 atom stereocenters. The van der Waals surface area contributed by atoms with Gasteiger partial charge in [0.05, 0.1) is 12.2 Å². The molecule has 0 aromatic carbocycles. The fraction of sp³-hybridized carbons (Fsp3) is 0.375. The average Bonchev–Trinajstić information content (AvgIpc) is 3.32. The molecule has 24 heavy (non-hydrogen) atoms. The van der Waals surface area contributed by atoms with E-state index in [0.717, 1.165) is 31.9 Å². The molecule has 4 heterocycles. The highest BCUT2D eigenvalue weighted by Gasteiger charge is 2.24. The lowest BCUT2D eigenvalue weighted by Crippen LogP contribution is -2.37. The third kappa shape index (κ3) is 2.88. The summed E-state index contributed by atoms with van der Waals surface area (Å²) in [6, 6.07) is 5.57. The zero-order valence-corrected chi connectivity index (χ0v) is 13.1. The van der Waals surface area contributed by atoms with Gasteiger partial charge in [-0.15, -0.1) is 5.10 Å². The lowest BCUT2D eigenvalue weighted by molar-refractivity contribution is 0.248. The van der Waals surface area contributed by atoms with E-state index in [4.69, 9.17) is 9.52 Å². The van der Waals surface area contributed by atoms with Crippen molar-refractivity contribution in [2.45, 2.75) is 25.5 Å². The predicted octanol–water partition coefficient (Wildman–Crippen LogP) is 1.66. The van der Waals surface area contributed by atoms with Crippen molar-refractivity contribution in [1.82, 2.24) is 25.0 Å². The van der Waals surface area contributed by atoms with Crippen LogP contribution in [-0.4, -0.2) is 43.2 Å². The number of hydrogen-bond acceptors (Lipinski definition) is 7. The van der Waals surface area contributed by atoms with E-state index >= 15 is 0 Å². The zero-order valence-electron chi connectivity index (χ0n) is 13.1. The normalized spacial score (nSPS) is 18.0. The number of piperidine rings is 1. The highest BCUT2D eigenvalue weighted by molar-refractivity contribution is 5.50. The van der Waals surface area contributed by atoms with E-state index in [1.54, 1.807) is 24.5 Å². The minimum atomic E-state index is -0.122. The second-order valence-corrected chi connectivity index (χ2v) is 5.80. The molecular formula is C16H18N6O2. The Morgan fingerprint density at radius 3 is 2.92 bits per heavy atom. The van der Waals surface area contributed by atoms with Crippen molar-refractivity contribution in [2.24, 2.45) is 0 Å². The number of anilines is 1. The first-order valence-corrected chi connectivity index (χ1v) is 7.97. The highest BCUT2D eigenvalue weighted by atomic mass is 16.4. The Morgan fingerprint density at radius 2 is 2.12 bits per heavy atom. The van der Waals surface area contributed by atoms with Crippen LogP contribution in [0.5, 0.6) is 0 Å². The topological polar surface area (TPSA) is 93.1 Å². The summed E-state index contributed by atoms with van der Waals surface area (Å²) in [7, 11) is 0. The molecule has 0 amide bonds. The Labute approximate surface area is 138 Å². The van der Waals surface area contributed by atoms with Gasteiger partial charge >= 0.3 is 0 Å². The van der Waals surface area contributed by atoms with Gasteiger partial charge in [-0.25, -0.2) is 14.6 Å². The highest BCUT2D eigenvalue weighted by Crippen LogP contribution is 2.26.